The lowest BCUT2D eigenvalue weighted by Gasteiger charge is -2.22. The summed E-state index contributed by atoms with van der Waals surface area (Å²) in [5, 5.41) is 4.37. The Morgan fingerprint density at radius 1 is 1.47 bits per heavy atom. The Morgan fingerprint density at radius 3 is 3.26 bits per heavy atom. The summed E-state index contributed by atoms with van der Waals surface area (Å²) >= 11 is 8.03. The van der Waals surface area contributed by atoms with Crippen molar-refractivity contribution in [1.82, 2.24) is 15.3 Å². The first-order valence-electron chi connectivity index (χ1n) is 6.76. The Morgan fingerprint density at radius 2 is 2.42 bits per heavy atom. The van der Waals surface area contributed by atoms with Crippen LogP contribution in [0.3, 0.4) is 0 Å². The van der Waals surface area contributed by atoms with Gasteiger partial charge >= 0.3 is 0 Å². The van der Waals surface area contributed by atoms with Crippen LogP contribution in [-0.4, -0.2) is 34.1 Å². The van der Waals surface area contributed by atoms with Crippen LogP contribution in [0.25, 0.3) is 11.0 Å². The van der Waals surface area contributed by atoms with Crippen LogP contribution in [0.2, 0.25) is 5.02 Å². The summed E-state index contributed by atoms with van der Waals surface area (Å²) < 4.78 is 0. The molecule has 1 atom stereocenters. The van der Waals surface area contributed by atoms with Crippen LogP contribution in [0.5, 0.6) is 0 Å². The van der Waals surface area contributed by atoms with Crippen molar-refractivity contribution in [3.63, 3.8) is 0 Å². The van der Waals surface area contributed by atoms with Gasteiger partial charge in [0.25, 0.3) is 0 Å². The normalized spacial score (nSPS) is 19.9. The molecule has 0 amide bonds. The van der Waals surface area contributed by atoms with Gasteiger partial charge in [0, 0.05) is 29.8 Å². The number of aromatic amines is 1. The van der Waals surface area contributed by atoms with Gasteiger partial charge < -0.3 is 10.3 Å². The molecular weight excluding hydrogens is 278 g/mol. The molecule has 19 heavy (non-hydrogen) atoms. The number of thioether (sulfide) groups is 1. The number of H-pyrrole nitrogens is 1. The molecule has 102 valence electrons. The third kappa shape index (κ3) is 3.44. The van der Waals surface area contributed by atoms with Gasteiger partial charge in [0.2, 0.25) is 0 Å². The van der Waals surface area contributed by atoms with E-state index in [0.717, 1.165) is 34.8 Å². The van der Waals surface area contributed by atoms with Crippen molar-refractivity contribution in [1.29, 1.82) is 0 Å². The molecule has 1 aromatic heterocycles. The SMILES string of the molecule is Clc1ccc2nc(CCN[C@H]3CCCSC3)[nH]c2c1. The van der Waals surface area contributed by atoms with Crippen LogP contribution < -0.4 is 5.32 Å². The molecule has 3 rings (SSSR count). The summed E-state index contributed by atoms with van der Waals surface area (Å²) in [6, 6.07) is 6.45. The third-order valence-corrected chi connectivity index (χ3v) is 4.90. The number of aromatic nitrogens is 2. The average Bonchev–Trinajstić information content (AvgIpc) is 2.82. The predicted molar refractivity (Wildman–Crippen MR) is 83.2 cm³/mol. The number of hydrogen-bond donors (Lipinski definition) is 2. The van der Waals surface area contributed by atoms with Crippen molar-refractivity contribution in [2.45, 2.75) is 25.3 Å². The average molecular weight is 296 g/mol. The van der Waals surface area contributed by atoms with Crippen LogP contribution in [0, 0.1) is 0 Å². The highest BCUT2D eigenvalue weighted by Gasteiger charge is 2.12. The number of halogens is 1. The summed E-state index contributed by atoms with van der Waals surface area (Å²) in [6.07, 6.45) is 3.58. The molecule has 0 unspecified atom stereocenters. The topological polar surface area (TPSA) is 40.7 Å². The second-order valence-electron chi connectivity index (χ2n) is 4.96. The Labute approximate surface area is 122 Å². The standard InChI is InChI=1S/C14H18ClN3S/c15-10-3-4-12-13(8-10)18-14(17-12)5-6-16-11-2-1-7-19-9-11/h3-4,8,11,16H,1-2,5-7,9H2,(H,17,18)/t11-/m0/s1. The maximum absolute atomic E-state index is 5.97. The summed E-state index contributed by atoms with van der Waals surface area (Å²) in [6.45, 7) is 0.985. The van der Waals surface area contributed by atoms with E-state index in [-0.39, 0.29) is 0 Å². The molecule has 0 saturated carbocycles. The number of imidazole rings is 1. The highest BCUT2D eigenvalue weighted by Crippen LogP contribution is 2.18. The second kappa shape index (κ2) is 6.16. The van der Waals surface area contributed by atoms with E-state index in [9.17, 15) is 0 Å². The van der Waals surface area contributed by atoms with E-state index in [4.69, 9.17) is 11.6 Å². The van der Waals surface area contributed by atoms with Gasteiger partial charge in [0.15, 0.2) is 0 Å². The fraction of sp³-hybridized carbons (Fsp3) is 0.500. The zero-order valence-corrected chi connectivity index (χ0v) is 12.4. The van der Waals surface area contributed by atoms with Crippen molar-refractivity contribution in [2.24, 2.45) is 0 Å². The van der Waals surface area contributed by atoms with Crippen LogP contribution >= 0.6 is 23.4 Å². The molecule has 1 aromatic carbocycles. The zero-order valence-electron chi connectivity index (χ0n) is 10.8. The predicted octanol–water partition coefficient (Wildman–Crippen LogP) is 3.24. The molecule has 1 saturated heterocycles. The van der Waals surface area contributed by atoms with Gasteiger partial charge in [0.05, 0.1) is 11.0 Å². The summed E-state index contributed by atoms with van der Waals surface area (Å²) in [4.78, 5) is 7.91. The molecule has 2 aromatic rings. The minimum absolute atomic E-state index is 0.678. The Bertz CT molecular complexity index is 549. The van der Waals surface area contributed by atoms with Gasteiger partial charge in [0.1, 0.15) is 5.82 Å². The molecule has 0 aliphatic carbocycles. The molecule has 1 fully saturated rings. The van der Waals surface area contributed by atoms with Gasteiger partial charge in [-0.1, -0.05) is 11.6 Å². The molecule has 0 spiro atoms. The van der Waals surface area contributed by atoms with E-state index in [1.165, 1.54) is 24.3 Å². The number of benzene rings is 1. The lowest BCUT2D eigenvalue weighted by atomic mass is 10.2. The Hall–Kier alpha value is -0.710. The number of nitrogens with zero attached hydrogens (tertiary/aromatic N) is 1. The van der Waals surface area contributed by atoms with Crippen molar-refractivity contribution in [3.8, 4) is 0 Å². The molecule has 2 N–H and O–H groups in total. The molecule has 3 nitrogen and oxygen atoms in total. The number of rotatable bonds is 4. The lowest BCUT2D eigenvalue weighted by molar-refractivity contribution is 0.508. The van der Waals surface area contributed by atoms with Crippen molar-refractivity contribution in [3.05, 3.63) is 29.0 Å². The minimum atomic E-state index is 0.678. The van der Waals surface area contributed by atoms with Crippen LogP contribution in [0.15, 0.2) is 18.2 Å². The fourth-order valence-electron chi connectivity index (χ4n) is 2.45. The first-order chi connectivity index (χ1) is 9.31. The smallest absolute Gasteiger partial charge is 0.108 e. The maximum Gasteiger partial charge on any atom is 0.108 e. The largest absolute Gasteiger partial charge is 0.342 e. The van der Waals surface area contributed by atoms with Gasteiger partial charge in [-0.25, -0.2) is 4.98 Å². The van der Waals surface area contributed by atoms with Crippen LogP contribution in [-0.2, 0) is 6.42 Å². The van der Waals surface area contributed by atoms with E-state index in [1.54, 1.807) is 0 Å². The van der Waals surface area contributed by atoms with E-state index in [0.29, 0.717) is 6.04 Å². The minimum Gasteiger partial charge on any atom is -0.342 e. The van der Waals surface area contributed by atoms with Crippen molar-refractivity contribution in [2.75, 3.05) is 18.1 Å². The third-order valence-electron chi connectivity index (χ3n) is 3.45. The molecule has 0 radical (unpaired) electrons. The molecule has 5 heteroatoms. The number of nitrogens with one attached hydrogen (secondary N) is 2. The zero-order chi connectivity index (χ0) is 13.1. The second-order valence-corrected chi connectivity index (χ2v) is 6.55. The number of hydrogen-bond acceptors (Lipinski definition) is 3. The Kier molecular flexibility index (Phi) is 4.31. The molecule has 1 aliphatic rings. The van der Waals surface area contributed by atoms with Gasteiger partial charge in [-0.3, -0.25) is 0 Å². The van der Waals surface area contributed by atoms with E-state index >= 15 is 0 Å². The molecule has 0 bridgehead atoms. The van der Waals surface area contributed by atoms with Gasteiger partial charge in [-0.05, 0) is 36.8 Å². The summed E-state index contributed by atoms with van der Waals surface area (Å²) in [5.74, 6) is 3.60. The van der Waals surface area contributed by atoms with Crippen LogP contribution in [0.4, 0.5) is 0 Å². The maximum atomic E-state index is 5.97. The van der Waals surface area contributed by atoms with Gasteiger partial charge in [-0.2, -0.15) is 11.8 Å². The van der Waals surface area contributed by atoms with Crippen LogP contribution in [0.1, 0.15) is 18.7 Å². The summed E-state index contributed by atoms with van der Waals surface area (Å²) in [5.41, 5.74) is 2.02. The van der Waals surface area contributed by atoms with Gasteiger partial charge in [-0.15, -0.1) is 0 Å². The van der Waals surface area contributed by atoms with Crippen molar-refractivity contribution >= 4 is 34.4 Å². The van der Waals surface area contributed by atoms with E-state index in [2.05, 4.69) is 27.0 Å². The highest BCUT2D eigenvalue weighted by atomic mass is 35.5. The first-order valence-corrected chi connectivity index (χ1v) is 8.30. The Balaban J connectivity index is 1.56. The van der Waals surface area contributed by atoms with E-state index in [1.807, 2.05) is 18.2 Å². The lowest BCUT2D eigenvalue weighted by Crippen LogP contribution is -2.35. The van der Waals surface area contributed by atoms with E-state index < -0.39 is 0 Å². The molecular formula is C14H18ClN3S. The molecule has 1 aliphatic heterocycles. The monoisotopic (exact) mass is 295 g/mol. The van der Waals surface area contributed by atoms with Crippen molar-refractivity contribution < 1.29 is 0 Å². The quantitative estimate of drug-likeness (QED) is 0.910. The molecule has 2 heterocycles. The first kappa shape index (κ1) is 13.3. The number of fused-ring (bicyclic) bond motifs is 1. The highest BCUT2D eigenvalue weighted by molar-refractivity contribution is 7.99. The fourth-order valence-corrected chi connectivity index (χ4v) is 3.73. The summed E-state index contributed by atoms with van der Waals surface area (Å²) in [7, 11) is 0.